The number of hydrazone groups is 1. The first-order chi connectivity index (χ1) is 19.5. The van der Waals surface area contributed by atoms with E-state index < -0.39 is 5.25 Å². The zero-order valence-corrected chi connectivity index (χ0v) is 23.4. The Bertz CT molecular complexity index is 1630. The molecule has 1 amide bonds. The standard InChI is InChI=1S/C31H30N6O2S/c1-21(24-14-13-23-9-7-8-10-25(23)19-24)33-35-30(38)22(2)40-31-36-34-29(37(31)27-11-5-4-6-12-27)20-32-26-15-17-28(39-3)18-16-26/h4-19,22,32H,20H2,1-3H3,(H,35,38)/t22-/m1/s1. The van der Waals surface area contributed by atoms with Gasteiger partial charge in [-0.2, -0.15) is 5.10 Å². The van der Waals surface area contributed by atoms with Crippen LogP contribution in [0.2, 0.25) is 0 Å². The van der Waals surface area contributed by atoms with Crippen molar-refractivity contribution < 1.29 is 9.53 Å². The number of hydrogen-bond donors (Lipinski definition) is 2. The molecular weight excluding hydrogens is 520 g/mol. The lowest BCUT2D eigenvalue weighted by molar-refractivity contribution is -0.120. The molecule has 8 nitrogen and oxygen atoms in total. The fourth-order valence-corrected chi connectivity index (χ4v) is 5.02. The van der Waals surface area contributed by atoms with Crippen molar-refractivity contribution in [3.8, 4) is 11.4 Å². The number of rotatable bonds is 10. The van der Waals surface area contributed by atoms with E-state index in [1.165, 1.54) is 11.8 Å². The van der Waals surface area contributed by atoms with E-state index in [4.69, 9.17) is 4.74 Å². The molecule has 5 aromatic rings. The van der Waals surface area contributed by atoms with E-state index in [1.807, 2.05) is 91.2 Å². The molecule has 1 aromatic heterocycles. The lowest BCUT2D eigenvalue weighted by atomic mass is 10.0. The SMILES string of the molecule is COc1ccc(NCc2nnc(S[C@H](C)C(=O)NN=C(C)c3ccc4ccccc4c3)n2-c2ccccc2)cc1. The summed E-state index contributed by atoms with van der Waals surface area (Å²) in [6.45, 7) is 4.17. The fourth-order valence-electron chi connectivity index (χ4n) is 4.14. The Morgan fingerprint density at radius 1 is 0.950 bits per heavy atom. The number of methoxy groups -OCH3 is 1. The molecule has 40 heavy (non-hydrogen) atoms. The molecule has 0 aliphatic heterocycles. The lowest BCUT2D eigenvalue weighted by Gasteiger charge is -2.14. The van der Waals surface area contributed by atoms with Crippen LogP contribution in [0.5, 0.6) is 5.75 Å². The molecule has 1 heterocycles. The predicted octanol–water partition coefficient (Wildman–Crippen LogP) is 6.06. The van der Waals surface area contributed by atoms with Gasteiger partial charge in [0, 0.05) is 11.4 Å². The van der Waals surface area contributed by atoms with E-state index in [2.05, 4.69) is 50.3 Å². The summed E-state index contributed by atoms with van der Waals surface area (Å²) in [7, 11) is 1.64. The number of para-hydroxylation sites is 1. The van der Waals surface area contributed by atoms with Gasteiger partial charge < -0.3 is 10.1 Å². The second-order valence-corrected chi connectivity index (χ2v) is 10.5. The molecule has 1 atom stereocenters. The zero-order valence-electron chi connectivity index (χ0n) is 22.5. The highest BCUT2D eigenvalue weighted by Crippen LogP contribution is 2.26. The Morgan fingerprint density at radius 3 is 2.42 bits per heavy atom. The normalized spacial score (nSPS) is 12.2. The number of aromatic nitrogens is 3. The summed E-state index contributed by atoms with van der Waals surface area (Å²) in [6.07, 6.45) is 0. The molecule has 0 radical (unpaired) electrons. The maximum atomic E-state index is 13.0. The molecule has 0 aliphatic rings. The van der Waals surface area contributed by atoms with Gasteiger partial charge in [-0.15, -0.1) is 10.2 Å². The number of thioether (sulfide) groups is 1. The Labute approximate surface area is 237 Å². The summed E-state index contributed by atoms with van der Waals surface area (Å²) in [5.41, 5.74) is 6.26. The molecule has 0 spiro atoms. The first-order valence-electron chi connectivity index (χ1n) is 12.9. The summed E-state index contributed by atoms with van der Waals surface area (Å²) < 4.78 is 7.21. The van der Waals surface area contributed by atoms with Crippen LogP contribution in [0.25, 0.3) is 16.5 Å². The molecule has 0 fully saturated rings. The maximum Gasteiger partial charge on any atom is 0.253 e. The van der Waals surface area contributed by atoms with Crippen LogP contribution in [0, 0.1) is 0 Å². The topological polar surface area (TPSA) is 93.4 Å². The number of hydrogen-bond acceptors (Lipinski definition) is 7. The Hall–Kier alpha value is -4.63. The predicted molar refractivity (Wildman–Crippen MR) is 161 cm³/mol. The van der Waals surface area contributed by atoms with Gasteiger partial charge in [0.15, 0.2) is 11.0 Å². The summed E-state index contributed by atoms with van der Waals surface area (Å²) in [5.74, 6) is 1.30. The molecular formula is C31H30N6O2S. The fraction of sp³-hybridized carbons (Fsp3) is 0.161. The second-order valence-electron chi connectivity index (χ2n) is 9.15. The third kappa shape index (κ3) is 6.32. The number of anilines is 1. The highest BCUT2D eigenvalue weighted by molar-refractivity contribution is 8.00. The van der Waals surface area contributed by atoms with Gasteiger partial charge in [0.05, 0.1) is 24.6 Å². The number of amides is 1. The number of carbonyl (C=O) groups is 1. The molecule has 0 aliphatic carbocycles. The van der Waals surface area contributed by atoms with Crippen molar-refractivity contribution in [2.24, 2.45) is 5.10 Å². The minimum Gasteiger partial charge on any atom is -0.497 e. The third-order valence-electron chi connectivity index (χ3n) is 6.41. The molecule has 0 saturated heterocycles. The number of fused-ring (bicyclic) bond motifs is 1. The van der Waals surface area contributed by atoms with Gasteiger partial charge in [0.2, 0.25) is 0 Å². The van der Waals surface area contributed by atoms with Crippen LogP contribution in [0.15, 0.2) is 107 Å². The van der Waals surface area contributed by atoms with E-state index >= 15 is 0 Å². The van der Waals surface area contributed by atoms with Gasteiger partial charge in [-0.05, 0) is 72.6 Å². The lowest BCUT2D eigenvalue weighted by Crippen LogP contribution is -2.28. The Morgan fingerprint density at radius 2 is 1.68 bits per heavy atom. The van der Waals surface area contributed by atoms with Crippen LogP contribution < -0.4 is 15.5 Å². The Kier molecular flexibility index (Phi) is 8.41. The highest BCUT2D eigenvalue weighted by Gasteiger charge is 2.21. The van der Waals surface area contributed by atoms with E-state index in [1.54, 1.807) is 7.11 Å². The minimum absolute atomic E-state index is 0.217. The van der Waals surface area contributed by atoms with Crippen LogP contribution in [0.4, 0.5) is 5.69 Å². The number of benzene rings is 4. The first kappa shape index (κ1) is 27.0. The van der Waals surface area contributed by atoms with Crippen molar-refractivity contribution in [3.05, 3.63) is 108 Å². The number of carbonyl (C=O) groups excluding carboxylic acids is 1. The van der Waals surface area contributed by atoms with Crippen molar-refractivity contribution in [1.29, 1.82) is 0 Å². The van der Waals surface area contributed by atoms with E-state index in [0.717, 1.165) is 45.0 Å². The summed E-state index contributed by atoms with van der Waals surface area (Å²) in [6, 6.07) is 31.9. The second kappa shape index (κ2) is 12.5. The van der Waals surface area contributed by atoms with Crippen molar-refractivity contribution >= 4 is 39.8 Å². The molecule has 202 valence electrons. The minimum atomic E-state index is -0.456. The van der Waals surface area contributed by atoms with E-state index in [0.29, 0.717) is 11.7 Å². The maximum absolute atomic E-state index is 13.0. The molecule has 5 rings (SSSR count). The van der Waals surface area contributed by atoms with Crippen molar-refractivity contribution in [2.75, 3.05) is 12.4 Å². The van der Waals surface area contributed by atoms with Gasteiger partial charge in [0.25, 0.3) is 5.91 Å². The van der Waals surface area contributed by atoms with Gasteiger partial charge in [-0.3, -0.25) is 9.36 Å². The molecule has 0 bridgehead atoms. The average molecular weight is 551 g/mol. The first-order valence-corrected chi connectivity index (χ1v) is 13.8. The molecule has 0 unspecified atom stereocenters. The van der Waals surface area contributed by atoms with Crippen molar-refractivity contribution in [2.45, 2.75) is 30.8 Å². The summed E-state index contributed by atoms with van der Waals surface area (Å²) in [5, 5.41) is 19.1. The van der Waals surface area contributed by atoms with Crippen molar-refractivity contribution in [1.82, 2.24) is 20.2 Å². The third-order valence-corrected chi connectivity index (χ3v) is 7.45. The van der Waals surface area contributed by atoms with Crippen LogP contribution in [-0.2, 0) is 11.3 Å². The van der Waals surface area contributed by atoms with Gasteiger partial charge in [0.1, 0.15) is 5.75 Å². The van der Waals surface area contributed by atoms with Crippen LogP contribution in [0.3, 0.4) is 0 Å². The smallest absolute Gasteiger partial charge is 0.253 e. The number of nitrogens with one attached hydrogen (secondary N) is 2. The van der Waals surface area contributed by atoms with Gasteiger partial charge in [-0.1, -0.05) is 66.4 Å². The van der Waals surface area contributed by atoms with Crippen molar-refractivity contribution in [3.63, 3.8) is 0 Å². The highest BCUT2D eigenvalue weighted by atomic mass is 32.2. The number of nitrogens with zero attached hydrogens (tertiary/aromatic N) is 4. The zero-order chi connectivity index (χ0) is 27.9. The summed E-state index contributed by atoms with van der Waals surface area (Å²) in [4.78, 5) is 13.0. The molecule has 9 heteroatoms. The summed E-state index contributed by atoms with van der Waals surface area (Å²) >= 11 is 1.33. The van der Waals surface area contributed by atoms with Crippen LogP contribution >= 0.6 is 11.8 Å². The van der Waals surface area contributed by atoms with Gasteiger partial charge in [-0.25, -0.2) is 5.43 Å². The van der Waals surface area contributed by atoms with Crippen LogP contribution in [-0.4, -0.2) is 38.7 Å². The van der Waals surface area contributed by atoms with E-state index in [9.17, 15) is 4.79 Å². The number of ether oxygens (including phenoxy) is 1. The molecule has 4 aromatic carbocycles. The largest absolute Gasteiger partial charge is 0.497 e. The quantitative estimate of drug-likeness (QED) is 0.125. The Balaban J connectivity index is 1.29. The molecule has 0 saturated carbocycles. The van der Waals surface area contributed by atoms with E-state index in [-0.39, 0.29) is 5.91 Å². The average Bonchev–Trinajstić information content (AvgIpc) is 3.41. The molecule has 2 N–H and O–H groups in total. The van der Waals surface area contributed by atoms with Crippen LogP contribution in [0.1, 0.15) is 25.2 Å². The monoisotopic (exact) mass is 550 g/mol. The van der Waals surface area contributed by atoms with Gasteiger partial charge >= 0.3 is 0 Å².